The van der Waals surface area contributed by atoms with Gasteiger partial charge in [0, 0.05) is 18.8 Å². The first-order valence-electron chi connectivity index (χ1n) is 6.89. The Balaban J connectivity index is 1.93. The second-order valence-corrected chi connectivity index (χ2v) is 5.13. The minimum atomic E-state index is -4.77. The van der Waals surface area contributed by atoms with Gasteiger partial charge in [-0.3, -0.25) is 4.79 Å². The first-order valence-corrected chi connectivity index (χ1v) is 6.89. The van der Waals surface area contributed by atoms with Gasteiger partial charge in [0.2, 0.25) is 0 Å². The van der Waals surface area contributed by atoms with Crippen LogP contribution in [-0.2, 0) is 4.79 Å². The minimum absolute atomic E-state index is 0.108. The fourth-order valence-corrected chi connectivity index (χ4v) is 2.31. The lowest BCUT2D eigenvalue weighted by atomic mass is 9.99. The van der Waals surface area contributed by atoms with Crippen LogP contribution in [-0.4, -0.2) is 41.5 Å². The Kier molecular flexibility index (Phi) is 4.97. The van der Waals surface area contributed by atoms with E-state index in [9.17, 15) is 22.8 Å². The Hall–Kier alpha value is -2.45. The van der Waals surface area contributed by atoms with Gasteiger partial charge in [-0.25, -0.2) is 4.79 Å². The number of anilines is 1. The predicted molar refractivity (Wildman–Crippen MR) is 74.1 cm³/mol. The lowest BCUT2D eigenvalue weighted by Gasteiger charge is -2.30. The van der Waals surface area contributed by atoms with Crippen LogP contribution in [0.3, 0.4) is 0 Å². The van der Waals surface area contributed by atoms with Crippen molar-refractivity contribution in [1.82, 2.24) is 4.90 Å². The van der Waals surface area contributed by atoms with E-state index in [1.807, 2.05) is 0 Å². The van der Waals surface area contributed by atoms with Crippen LogP contribution in [0.2, 0.25) is 0 Å². The third-order valence-corrected chi connectivity index (χ3v) is 3.40. The zero-order valence-corrected chi connectivity index (χ0v) is 12.0. The largest absolute Gasteiger partial charge is 0.573 e. The van der Waals surface area contributed by atoms with Gasteiger partial charge in [0.15, 0.2) is 0 Å². The summed E-state index contributed by atoms with van der Waals surface area (Å²) in [4.78, 5) is 24.4. The molecule has 0 aromatic heterocycles. The van der Waals surface area contributed by atoms with Crippen molar-refractivity contribution < 1.29 is 32.6 Å². The lowest BCUT2D eigenvalue weighted by Crippen LogP contribution is -2.44. The van der Waals surface area contributed by atoms with Crippen molar-refractivity contribution in [2.45, 2.75) is 19.2 Å². The highest BCUT2D eigenvalue weighted by atomic mass is 19.4. The first-order chi connectivity index (χ1) is 10.7. The fraction of sp³-hybridized carbons (Fsp3) is 0.429. The van der Waals surface area contributed by atoms with E-state index in [0.717, 1.165) is 12.1 Å². The summed E-state index contributed by atoms with van der Waals surface area (Å²) in [6.45, 7) is 0.543. The molecule has 1 aliphatic rings. The van der Waals surface area contributed by atoms with E-state index < -0.39 is 24.3 Å². The molecular weight excluding hydrogens is 317 g/mol. The zero-order chi connectivity index (χ0) is 17.0. The predicted octanol–water partition coefficient (Wildman–Crippen LogP) is 2.91. The number of nitrogens with zero attached hydrogens (tertiary/aromatic N) is 1. The second kappa shape index (κ2) is 6.76. The standard InChI is InChI=1S/C14H15F3N2O4/c15-14(16,17)23-11-5-3-10(4-6-11)18-13(22)19-7-1-2-9(8-19)12(20)21/h3-6,9H,1-2,7-8H2,(H,18,22)(H,20,21). The fourth-order valence-electron chi connectivity index (χ4n) is 2.31. The number of nitrogens with one attached hydrogen (secondary N) is 1. The molecule has 2 rings (SSSR count). The second-order valence-electron chi connectivity index (χ2n) is 5.13. The monoisotopic (exact) mass is 332 g/mol. The normalized spacial score (nSPS) is 18.4. The zero-order valence-electron chi connectivity index (χ0n) is 12.0. The van der Waals surface area contributed by atoms with E-state index in [4.69, 9.17) is 5.11 Å². The number of piperidine rings is 1. The van der Waals surface area contributed by atoms with Gasteiger partial charge in [0.25, 0.3) is 0 Å². The number of carbonyl (C=O) groups excluding carboxylic acids is 1. The van der Waals surface area contributed by atoms with Gasteiger partial charge in [-0.1, -0.05) is 0 Å². The number of urea groups is 1. The van der Waals surface area contributed by atoms with Crippen LogP contribution in [0.1, 0.15) is 12.8 Å². The van der Waals surface area contributed by atoms with E-state index in [1.165, 1.54) is 17.0 Å². The van der Waals surface area contributed by atoms with Crippen LogP contribution < -0.4 is 10.1 Å². The molecule has 0 bridgehead atoms. The molecule has 2 N–H and O–H groups in total. The average Bonchev–Trinajstić information content (AvgIpc) is 2.48. The summed E-state index contributed by atoms with van der Waals surface area (Å²) in [5.41, 5.74) is 0.293. The molecule has 0 saturated carbocycles. The molecule has 1 atom stereocenters. The molecular formula is C14H15F3N2O4. The number of hydrogen-bond acceptors (Lipinski definition) is 3. The Morgan fingerprint density at radius 1 is 1.26 bits per heavy atom. The van der Waals surface area contributed by atoms with E-state index in [2.05, 4.69) is 10.1 Å². The van der Waals surface area contributed by atoms with Gasteiger partial charge in [0.05, 0.1) is 5.92 Å². The smallest absolute Gasteiger partial charge is 0.481 e. The van der Waals surface area contributed by atoms with Crippen LogP contribution in [0, 0.1) is 5.92 Å². The topological polar surface area (TPSA) is 78.9 Å². The molecule has 126 valence electrons. The van der Waals surface area contributed by atoms with Gasteiger partial charge < -0.3 is 20.1 Å². The number of likely N-dealkylation sites (tertiary alicyclic amines) is 1. The molecule has 1 heterocycles. The SMILES string of the molecule is O=C(O)C1CCCN(C(=O)Nc2ccc(OC(F)(F)F)cc2)C1. The highest BCUT2D eigenvalue weighted by Crippen LogP contribution is 2.24. The van der Waals surface area contributed by atoms with Gasteiger partial charge in [-0.2, -0.15) is 0 Å². The number of aliphatic carboxylic acids is 1. The van der Waals surface area contributed by atoms with E-state index in [0.29, 0.717) is 25.1 Å². The number of carboxylic acid groups (broad SMARTS) is 1. The average molecular weight is 332 g/mol. The first kappa shape index (κ1) is 16.9. The van der Waals surface area contributed by atoms with Gasteiger partial charge in [-0.15, -0.1) is 13.2 Å². The molecule has 0 spiro atoms. The quantitative estimate of drug-likeness (QED) is 0.892. The third kappa shape index (κ3) is 5.04. The van der Waals surface area contributed by atoms with Gasteiger partial charge >= 0.3 is 18.4 Å². The summed E-state index contributed by atoms with van der Waals surface area (Å²) >= 11 is 0. The minimum Gasteiger partial charge on any atom is -0.481 e. The van der Waals surface area contributed by atoms with E-state index >= 15 is 0 Å². The number of benzene rings is 1. The number of alkyl halides is 3. The van der Waals surface area contributed by atoms with Crippen molar-refractivity contribution in [1.29, 1.82) is 0 Å². The van der Waals surface area contributed by atoms with Crippen molar-refractivity contribution in [3.63, 3.8) is 0 Å². The highest BCUT2D eigenvalue weighted by molar-refractivity contribution is 5.89. The van der Waals surface area contributed by atoms with E-state index in [-0.39, 0.29) is 12.3 Å². The van der Waals surface area contributed by atoms with Gasteiger partial charge in [-0.05, 0) is 37.1 Å². The highest BCUT2D eigenvalue weighted by Gasteiger charge is 2.31. The molecule has 1 aromatic carbocycles. The molecule has 1 unspecified atom stereocenters. The molecule has 23 heavy (non-hydrogen) atoms. The number of ether oxygens (including phenoxy) is 1. The molecule has 2 amide bonds. The Morgan fingerprint density at radius 2 is 1.91 bits per heavy atom. The number of hydrogen-bond donors (Lipinski definition) is 2. The summed E-state index contributed by atoms with van der Waals surface area (Å²) in [5, 5.41) is 11.5. The van der Waals surface area contributed by atoms with Crippen molar-refractivity contribution in [2.24, 2.45) is 5.92 Å². The van der Waals surface area contributed by atoms with E-state index in [1.54, 1.807) is 0 Å². The van der Waals surface area contributed by atoms with Crippen LogP contribution in [0.5, 0.6) is 5.75 Å². The van der Waals surface area contributed by atoms with Crippen LogP contribution >= 0.6 is 0 Å². The van der Waals surface area contributed by atoms with Crippen molar-refractivity contribution in [2.75, 3.05) is 18.4 Å². The number of carboxylic acids is 1. The van der Waals surface area contributed by atoms with Crippen LogP contribution in [0.4, 0.5) is 23.7 Å². The molecule has 1 saturated heterocycles. The maximum absolute atomic E-state index is 12.1. The number of rotatable bonds is 3. The Bertz CT molecular complexity index is 574. The molecule has 1 aromatic rings. The molecule has 6 nitrogen and oxygen atoms in total. The lowest BCUT2D eigenvalue weighted by molar-refractivity contribution is -0.274. The molecule has 1 aliphatic heterocycles. The molecule has 1 fully saturated rings. The maximum atomic E-state index is 12.1. The summed E-state index contributed by atoms with van der Waals surface area (Å²) in [6, 6.07) is 4.23. The van der Waals surface area contributed by atoms with Crippen molar-refractivity contribution in [3.8, 4) is 5.75 Å². The number of amides is 2. The Morgan fingerprint density at radius 3 is 2.48 bits per heavy atom. The van der Waals surface area contributed by atoms with Crippen LogP contribution in [0.25, 0.3) is 0 Å². The summed E-state index contributed by atoms with van der Waals surface area (Å²) in [5.74, 6) is -1.94. The summed E-state index contributed by atoms with van der Waals surface area (Å²) in [6.07, 6.45) is -3.67. The maximum Gasteiger partial charge on any atom is 0.573 e. The number of carbonyl (C=O) groups is 2. The van der Waals surface area contributed by atoms with Crippen molar-refractivity contribution in [3.05, 3.63) is 24.3 Å². The van der Waals surface area contributed by atoms with Crippen LogP contribution in [0.15, 0.2) is 24.3 Å². The molecule has 0 aliphatic carbocycles. The molecule has 9 heteroatoms. The van der Waals surface area contributed by atoms with Crippen molar-refractivity contribution >= 4 is 17.7 Å². The Labute approximate surface area is 129 Å². The third-order valence-electron chi connectivity index (χ3n) is 3.40. The van der Waals surface area contributed by atoms with Gasteiger partial charge in [0.1, 0.15) is 5.75 Å². The summed E-state index contributed by atoms with van der Waals surface area (Å²) in [7, 11) is 0. The number of halogens is 3. The summed E-state index contributed by atoms with van der Waals surface area (Å²) < 4.78 is 39.9. The molecule has 0 radical (unpaired) electrons.